The highest BCUT2D eigenvalue weighted by Crippen LogP contribution is 2.31. The predicted octanol–water partition coefficient (Wildman–Crippen LogP) is 4.00. The topological polar surface area (TPSA) is 59.6 Å². The first-order valence-corrected chi connectivity index (χ1v) is 9.69. The lowest BCUT2D eigenvalue weighted by atomic mass is 10.1. The van der Waals surface area contributed by atoms with Crippen molar-refractivity contribution in [3.8, 4) is 11.5 Å². The molecule has 5 heteroatoms. The molecule has 0 bridgehead atoms. The molecule has 0 fully saturated rings. The first kappa shape index (κ1) is 19.2. The van der Waals surface area contributed by atoms with E-state index in [2.05, 4.69) is 17.6 Å². The third kappa shape index (κ3) is 6.00. The summed E-state index contributed by atoms with van der Waals surface area (Å²) < 4.78 is 11.8. The Kier molecular flexibility index (Phi) is 7.11. The van der Waals surface area contributed by atoms with Crippen LogP contribution in [-0.4, -0.2) is 31.2 Å². The maximum atomic E-state index is 11.9. The number of carbonyl (C=O) groups excluding carboxylic acids is 1. The number of benzene rings is 2. The average molecular weight is 368 g/mol. The molecule has 144 valence electrons. The number of unbranched alkanes of at least 4 members (excludes halogenated alkanes) is 2. The van der Waals surface area contributed by atoms with Gasteiger partial charge >= 0.3 is 0 Å². The fraction of sp³-hybridized carbons (Fsp3) is 0.409. The van der Waals surface area contributed by atoms with E-state index in [0.717, 1.165) is 43.0 Å². The summed E-state index contributed by atoms with van der Waals surface area (Å²) in [7, 11) is 0. The van der Waals surface area contributed by atoms with Crippen molar-refractivity contribution in [2.75, 3.05) is 18.5 Å². The zero-order valence-electron chi connectivity index (χ0n) is 15.8. The Labute approximate surface area is 161 Å². The molecule has 1 heterocycles. The Hall–Kier alpha value is -2.53. The fourth-order valence-corrected chi connectivity index (χ4v) is 3.08. The van der Waals surface area contributed by atoms with Gasteiger partial charge in [0.15, 0.2) is 11.5 Å². The van der Waals surface area contributed by atoms with Crippen LogP contribution in [0.3, 0.4) is 0 Å². The summed E-state index contributed by atoms with van der Waals surface area (Å²) in [5.74, 6) is 1.70. The summed E-state index contributed by atoms with van der Waals surface area (Å²) in [5.41, 5.74) is 0.856. The zero-order chi connectivity index (χ0) is 18.9. The number of amides is 1. The summed E-state index contributed by atoms with van der Waals surface area (Å²) >= 11 is 0. The maximum Gasteiger partial charge on any atom is 0.224 e. The molecule has 2 atom stereocenters. The molecule has 2 aromatic rings. The molecule has 0 spiro atoms. The van der Waals surface area contributed by atoms with Crippen LogP contribution in [0.5, 0.6) is 11.5 Å². The Morgan fingerprint density at radius 2 is 1.78 bits per heavy atom. The highest BCUT2D eigenvalue weighted by Gasteiger charge is 2.25. The lowest BCUT2D eigenvalue weighted by molar-refractivity contribution is -0.116. The fourth-order valence-electron chi connectivity index (χ4n) is 3.08. The first-order valence-electron chi connectivity index (χ1n) is 9.69. The summed E-state index contributed by atoms with van der Waals surface area (Å²) in [5, 5.41) is 6.42. The Balaban J connectivity index is 1.26. The highest BCUT2D eigenvalue weighted by atomic mass is 16.6. The zero-order valence-corrected chi connectivity index (χ0v) is 15.8. The van der Waals surface area contributed by atoms with Crippen molar-refractivity contribution in [2.24, 2.45) is 0 Å². The van der Waals surface area contributed by atoms with Crippen LogP contribution in [0.2, 0.25) is 0 Å². The van der Waals surface area contributed by atoms with Crippen LogP contribution < -0.4 is 20.1 Å². The molecule has 0 aliphatic carbocycles. The van der Waals surface area contributed by atoms with Gasteiger partial charge in [-0.15, -0.1) is 0 Å². The van der Waals surface area contributed by atoms with Gasteiger partial charge in [-0.25, -0.2) is 0 Å². The second-order valence-corrected chi connectivity index (χ2v) is 6.88. The summed E-state index contributed by atoms with van der Waals surface area (Å²) in [6.07, 6.45) is 3.52. The van der Waals surface area contributed by atoms with Gasteiger partial charge < -0.3 is 20.1 Å². The molecule has 1 amide bonds. The molecule has 0 saturated heterocycles. The number of ether oxygens (including phenoxy) is 2. The largest absolute Gasteiger partial charge is 0.486 e. The van der Waals surface area contributed by atoms with E-state index < -0.39 is 0 Å². The van der Waals surface area contributed by atoms with Gasteiger partial charge in [0.2, 0.25) is 5.91 Å². The number of rotatable bonds is 9. The summed E-state index contributed by atoms with van der Waals surface area (Å²) in [6, 6.07) is 17.6. The first-order chi connectivity index (χ1) is 13.2. The average Bonchev–Trinajstić information content (AvgIpc) is 2.70. The van der Waals surface area contributed by atoms with Gasteiger partial charge in [0.05, 0.1) is 0 Å². The standard InChI is InChI=1S/C22H28N2O3/c1-17(21-16-26-19-12-7-8-13-20(19)27-21)23-15-9-3-6-14-22(25)24-18-10-4-2-5-11-18/h2,4-5,7-8,10-13,17,21,23H,3,6,9,14-16H2,1H3,(H,24,25). The van der Waals surface area contributed by atoms with Crippen LogP contribution in [0.15, 0.2) is 54.6 Å². The van der Waals surface area contributed by atoms with Gasteiger partial charge in [0, 0.05) is 18.2 Å². The summed E-state index contributed by atoms with van der Waals surface area (Å²) in [4.78, 5) is 11.9. The molecule has 27 heavy (non-hydrogen) atoms. The number of hydrogen-bond acceptors (Lipinski definition) is 4. The lowest BCUT2D eigenvalue weighted by Crippen LogP contribution is -2.46. The Morgan fingerprint density at radius 3 is 2.59 bits per heavy atom. The van der Waals surface area contributed by atoms with Gasteiger partial charge in [-0.05, 0) is 50.6 Å². The maximum absolute atomic E-state index is 11.9. The van der Waals surface area contributed by atoms with Gasteiger partial charge in [0.1, 0.15) is 12.7 Å². The van der Waals surface area contributed by atoms with Crippen molar-refractivity contribution in [1.82, 2.24) is 5.32 Å². The van der Waals surface area contributed by atoms with Crippen molar-refractivity contribution in [3.63, 3.8) is 0 Å². The van der Waals surface area contributed by atoms with E-state index in [0.29, 0.717) is 13.0 Å². The Morgan fingerprint density at radius 1 is 1.04 bits per heavy atom. The van der Waals surface area contributed by atoms with E-state index in [1.807, 2.05) is 54.6 Å². The molecular formula is C22H28N2O3. The number of anilines is 1. The van der Waals surface area contributed by atoms with Gasteiger partial charge in [-0.1, -0.05) is 36.8 Å². The molecule has 2 aromatic carbocycles. The van der Waals surface area contributed by atoms with Crippen LogP contribution >= 0.6 is 0 Å². The molecule has 5 nitrogen and oxygen atoms in total. The Bertz CT molecular complexity index is 721. The molecule has 0 aromatic heterocycles. The summed E-state index contributed by atoms with van der Waals surface area (Å²) in [6.45, 7) is 3.59. The van der Waals surface area contributed by atoms with Gasteiger partial charge in [-0.3, -0.25) is 4.79 Å². The smallest absolute Gasteiger partial charge is 0.224 e. The second kappa shape index (κ2) is 9.97. The van der Waals surface area contributed by atoms with Crippen LogP contribution in [0.1, 0.15) is 32.6 Å². The van der Waals surface area contributed by atoms with E-state index in [-0.39, 0.29) is 18.1 Å². The van der Waals surface area contributed by atoms with Crippen molar-refractivity contribution in [3.05, 3.63) is 54.6 Å². The minimum Gasteiger partial charge on any atom is -0.486 e. The molecular weight excluding hydrogens is 340 g/mol. The minimum absolute atomic E-state index is 0.0107. The van der Waals surface area contributed by atoms with Gasteiger partial charge in [0.25, 0.3) is 0 Å². The normalized spacial score (nSPS) is 16.6. The lowest BCUT2D eigenvalue weighted by Gasteiger charge is -2.31. The van der Waals surface area contributed by atoms with E-state index in [9.17, 15) is 4.79 Å². The number of nitrogens with one attached hydrogen (secondary N) is 2. The van der Waals surface area contributed by atoms with E-state index in [1.165, 1.54) is 0 Å². The van der Waals surface area contributed by atoms with Crippen LogP contribution in [0.25, 0.3) is 0 Å². The number of hydrogen-bond donors (Lipinski definition) is 2. The minimum atomic E-state index is 0.0107. The molecule has 0 radical (unpaired) electrons. The quantitative estimate of drug-likeness (QED) is 0.657. The molecule has 3 rings (SSSR count). The molecule has 0 saturated carbocycles. The van der Waals surface area contributed by atoms with Crippen molar-refractivity contribution < 1.29 is 14.3 Å². The number of carbonyl (C=O) groups is 1. The van der Waals surface area contributed by atoms with Crippen LogP contribution in [0.4, 0.5) is 5.69 Å². The van der Waals surface area contributed by atoms with Crippen molar-refractivity contribution >= 4 is 11.6 Å². The molecule has 2 N–H and O–H groups in total. The van der Waals surface area contributed by atoms with Crippen molar-refractivity contribution in [2.45, 2.75) is 44.8 Å². The number of fused-ring (bicyclic) bond motifs is 1. The predicted molar refractivity (Wildman–Crippen MR) is 107 cm³/mol. The number of para-hydroxylation sites is 3. The SMILES string of the molecule is CC(NCCCCCC(=O)Nc1ccccc1)C1COc2ccccc2O1. The monoisotopic (exact) mass is 368 g/mol. The second-order valence-electron chi connectivity index (χ2n) is 6.88. The van der Waals surface area contributed by atoms with E-state index >= 15 is 0 Å². The van der Waals surface area contributed by atoms with Crippen LogP contribution in [0, 0.1) is 0 Å². The third-order valence-electron chi connectivity index (χ3n) is 4.69. The van der Waals surface area contributed by atoms with E-state index in [1.54, 1.807) is 0 Å². The van der Waals surface area contributed by atoms with Gasteiger partial charge in [-0.2, -0.15) is 0 Å². The third-order valence-corrected chi connectivity index (χ3v) is 4.69. The van der Waals surface area contributed by atoms with Crippen molar-refractivity contribution in [1.29, 1.82) is 0 Å². The van der Waals surface area contributed by atoms with E-state index in [4.69, 9.17) is 9.47 Å². The highest BCUT2D eigenvalue weighted by molar-refractivity contribution is 5.90. The van der Waals surface area contributed by atoms with Crippen LogP contribution in [-0.2, 0) is 4.79 Å². The molecule has 1 aliphatic heterocycles. The molecule has 2 unspecified atom stereocenters. The molecule has 1 aliphatic rings.